The number of ketones is 1. The van der Waals surface area contributed by atoms with Gasteiger partial charge in [0.1, 0.15) is 6.04 Å². The largest absolute Gasteiger partial charge is 0.493 e. The second-order valence-corrected chi connectivity index (χ2v) is 11.8. The van der Waals surface area contributed by atoms with Crippen LogP contribution in [0.3, 0.4) is 0 Å². The Morgan fingerprint density at radius 1 is 1.19 bits per heavy atom. The molecule has 3 aromatic rings. The van der Waals surface area contributed by atoms with Crippen LogP contribution in [-0.4, -0.2) is 33.8 Å². The summed E-state index contributed by atoms with van der Waals surface area (Å²) in [5.74, 6) is 2.66. The van der Waals surface area contributed by atoms with Crippen molar-refractivity contribution in [1.82, 2.24) is 14.8 Å². The van der Waals surface area contributed by atoms with Crippen LogP contribution < -0.4 is 14.8 Å². The lowest BCUT2D eigenvalue weighted by molar-refractivity contribution is -0.118. The molecule has 1 aromatic heterocycles. The second kappa shape index (κ2) is 10.1. The van der Waals surface area contributed by atoms with Crippen molar-refractivity contribution in [3.05, 3.63) is 69.9 Å². The molecule has 7 nitrogen and oxygen atoms in total. The fourth-order valence-electron chi connectivity index (χ4n) is 4.92. The number of rotatable bonds is 7. The predicted octanol–water partition coefficient (Wildman–Crippen LogP) is 6.68. The molecule has 1 N–H and O–H groups in total. The molecular formula is C28H31ClN4O3S. The zero-order chi connectivity index (χ0) is 26.3. The highest BCUT2D eigenvalue weighted by atomic mass is 35.5. The van der Waals surface area contributed by atoms with E-state index in [4.69, 9.17) is 31.2 Å². The molecule has 1 unspecified atom stereocenters. The minimum absolute atomic E-state index is 0.00899. The lowest BCUT2D eigenvalue weighted by Crippen LogP contribution is -2.36. The first kappa shape index (κ1) is 25.7. The third kappa shape index (κ3) is 5.22. The number of carbonyl (C=O) groups is 1. The maximum absolute atomic E-state index is 13.5. The first-order chi connectivity index (χ1) is 17.6. The van der Waals surface area contributed by atoms with E-state index in [9.17, 15) is 4.79 Å². The van der Waals surface area contributed by atoms with Gasteiger partial charge in [-0.2, -0.15) is 4.98 Å². The molecule has 0 radical (unpaired) electrons. The molecule has 0 saturated carbocycles. The monoisotopic (exact) mass is 538 g/mol. The lowest BCUT2D eigenvalue weighted by atomic mass is 9.73. The average Bonchev–Trinajstić information content (AvgIpc) is 3.24. The maximum atomic E-state index is 13.5. The number of aromatic nitrogens is 3. The van der Waals surface area contributed by atoms with Crippen molar-refractivity contribution in [2.75, 3.05) is 12.4 Å². The zero-order valence-corrected chi connectivity index (χ0v) is 23.2. The first-order valence-corrected chi connectivity index (χ1v) is 13.7. The fraction of sp³-hybridized carbons (Fsp3) is 0.393. The average molecular weight is 539 g/mol. The highest BCUT2D eigenvalue weighted by molar-refractivity contribution is 7.98. The maximum Gasteiger partial charge on any atom is 0.227 e. The second-order valence-electron chi connectivity index (χ2n) is 10.5. The van der Waals surface area contributed by atoms with Gasteiger partial charge in [0, 0.05) is 28.5 Å². The highest BCUT2D eigenvalue weighted by Crippen LogP contribution is 2.46. The molecule has 9 heteroatoms. The van der Waals surface area contributed by atoms with E-state index in [1.54, 1.807) is 7.11 Å². The molecule has 2 aromatic carbocycles. The number of Topliss-reactive ketones (excluding diaryl/α,β-unsaturated/α-hetero) is 1. The van der Waals surface area contributed by atoms with E-state index in [2.05, 4.69) is 19.2 Å². The van der Waals surface area contributed by atoms with Crippen molar-refractivity contribution in [3.8, 4) is 11.5 Å². The Labute approximate surface area is 226 Å². The van der Waals surface area contributed by atoms with Gasteiger partial charge in [-0.15, -0.1) is 5.10 Å². The normalized spacial score (nSPS) is 18.4. The van der Waals surface area contributed by atoms with Gasteiger partial charge in [0.2, 0.25) is 11.1 Å². The number of halogens is 1. The van der Waals surface area contributed by atoms with Crippen LogP contribution in [-0.2, 0) is 10.5 Å². The van der Waals surface area contributed by atoms with Gasteiger partial charge >= 0.3 is 0 Å². The van der Waals surface area contributed by atoms with Crippen molar-refractivity contribution in [2.45, 2.75) is 63.6 Å². The van der Waals surface area contributed by atoms with E-state index >= 15 is 0 Å². The molecule has 1 atom stereocenters. The molecular weight excluding hydrogens is 508 g/mol. The summed E-state index contributed by atoms with van der Waals surface area (Å²) in [5, 5.41) is 9.61. The summed E-state index contributed by atoms with van der Waals surface area (Å²) in [6.45, 7) is 8.19. The van der Waals surface area contributed by atoms with E-state index in [1.165, 1.54) is 11.8 Å². The Morgan fingerprint density at radius 2 is 1.97 bits per heavy atom. The molecule has 2 heterocycles. The van der Waals surface area contributed by atoms with E-state index in [0.717, 1.165) is 33.8 Å². The predicted molar refractivity (Wildman–Crippen MR) is 147 cm³/mol. The fourth-order valence-corrected chi connectivity index (χ4v) is 6.04. The number of nitrogens with zero attached hydrogens (tertiary/aromatic N) is 3. The summed E-state index contributed by atoms with van der Waals surface area (Å²) < 4.78 is 13.4. The Bertz CT molecular complexity index is 1380. The Hall–Kier alpha value is -2.97. The van der Waals surface area contributed by atoms with Gasteiger partial charge in [0.15, 0.2) is 17.3 Å². The Morgan fingerprint density at radius 3 is 2.70 bits per heavy atom. The van der Waals surface area contributed by atoms with Gasteiger partial charge in [0.05, 0.1) is 13.2 Å². The molecule has 0 amide bonds. The summed E-state index contributed by atoms with van der Waals surface area (Å²) in [6, 6.07) is 13.2. The van der Waals surface area contributed by atoms with Crippen molar-refractivity contribution in [2.24, 2.45) is 5.41 Å². The summed E-state index contributed by atoms with van der Waals surface area (Å²) in [6.07, 6.45) is 1.24. The molecule has 0 bridgehead atoms. The van der Waals surface area contributed by atoms with Gasteiger partial charge in [-0.25, -0.2) is 4.68 Å². The summed E-state index contributed by atoms with van der Waals surface area (Å²) >= 11 is 7.87. The highest BCUT2D eigenvalue weighted by Gasteiger charge is 2.42. The van der Waals surface area contributed by atoms with Crippen LogP contribution in [0.2, 0.25) is 5.02 Å². The number of fused-ring (bicyclic) bond motifs is 1. The number of hydrogen-bond donors (Lipinski definition) is 1. The standard InChI is InChI=1S/C28H31ClN4O3S/c1-16(2)36-22-11-10-17(12-23(22)35-5)25-24-20(13-28(3,4)14-21(24)34)30-26-31-27(32-33(25)26)37-15-18-8-6-7-9-19(18)29/h6-12,16,25H,13-15H2,1-5H3,(H,30,31,32). The molecule has 37 heavy (non-hydrogen) atoms. The number of benzene rings is 2. The summed E-state index contributed by atoms with van der Waals surface area (Å²) in [7, 11) is 1.62. The van der Waals surface area contributed by atoms with Crippen molar-refractivity contribution >= 4 is 35.1 Å². The van der Waals surface area contributed by atoms with E-state index in [-0.39, 0.29) is 17.3 Å². The van der Waals surface area contributed by atoms with Gasteiger partial charge in [0.25, 0.3) is 0 Å². The SMILES string of the molecule is COc1cc(C2C3=C(CC(C)(C)CC3=O)Nc3nc(SCc4ccccc4Cl)nn32)ccc1OC(C)C. The van der Waals surface area contributed by atoms with Crippen molar-refractivity contribution in [3.63, 3.8) is 0 Å². The number of methoxy groups -OCH3 is 1. The Kier molecular flexibility index (Phi) is 6.98. The number of hydrogen-bond acceptors (Lipinski definition) is 7. The van der Waals surface area contributed by atoms with E-state index < -0.39 is 6.04 Å². The topological polar surface area (TPSA) is 78.3 Å². The minimum atomic E-state index is -0.418. The van der Waals surface area contributed by atoms with E-state index in [0.29, 0.717) is 34.8 Å². The molecule has 1 aliphatic carbocycles. The Balaban J connectivity index is 1.55. The van der Waals surface area contributed by atoms with Crippen LogP contribution in [0.4, 0.5) is 5.95 Å². The molecule has 1 aliphatic heterocycles. The summed E-state index contributed by atoms with van der Waals surface area (Å²) in [5.41, 5.74) is 3.42. The van der Waals surface area contributed by atoms with Crippen molar-refractivity contribution < 1.29 is 14.3 Å². The number of ether oxygens (including phenoxy) is 2. The first-order valence-electron chi connectivity index (χ1n) is 12.4. The van der Waals surface area contributed by atoms with Crippen molar-refractivity contribution in [1.29, 1.82) is 0 Å². The van der Waals surface area contributed by atoms with Gasteiger partial charge in [-0.3, -0.25) is 4.79 Å². The molecule has 2 aliphatic rings. The van der Waals surface area contributed by atoms with Crippen LogP contribution in [0.5, 0.6) is 11.5 Å². The van der Waals surface area contributed by atoms with Gasteiger partial charge in [-0.1, -0.05) is 61.5 Å². The third-order valence-corrected chi connectivity index (χ3v) is 7.75. The number of carbonyl (C=O) groups excluding carboxylic acids is 1. The molecule has 5 rings (SSSR count). The zero-order valence-electron chi connectivity index (χ0n) is 21.7. The smallest absolute Gasteiger partial charge is 0.227 e. The summed E-state index contributed by atoms with van der Waals surface area (Å²) in [4.78, 5) is 18.3. The molecule has 0 spiro atoms. The number of thioether (sulfide) groups is 1. The number of nitrogens with one attached hydrogen (secondary N) is 1. The third-order valence-electron chi connectivity index (χ3n) is 6.49. The van der Waals surface area contributed by atoms with Gasteiger partial charge in [-0.05, 0) is 55.0 Å². The minimum Gasteiger partial charge on any atom is -0.493 e. The quantitative estimate of drug-likeness (QED) is 0.336. The van der Waals surface area contributed by atoms with Crippen LogP contribution in [0.25, 0.3) is 0 Å². The van der Waals surface area contributed by atoms with Crippen LogP contribution >= 0.6 is 23.4 Å². The van der Waals surface area contributed by atoms with Crippen LogP contribution in [0.1, 0.15) is 57.7 Å². The van der Waals surface area contributed by atoms with Crippen LogP contribution in [0, 0.1) is 5.41 Å². The van der Waals surface area contributed by atoms with Crippen LogP contribution in [0.15, 0.2) is 58.9 Å². The van der Waals surface area contributed by atoms with Gasteiger partial charge < -0.3 is 14.8 Å². The number of allylic oxidation sites excluding steroid dienone is 2. The number of anilines is 1. The molecule has 0 fully saturated rings. The molecule has 194 valence electrons. The molecule has 0 saturated heterocycles. The van der Waals surface area contributed by atoms with E-state index in [1.807, 2.05) is 61.0 Å². The lowest BCUT2D eigenvalue weighted by Gasteiger charge is -2.38.